The molecule has 0 bridgehead atoms. The number of hydrogen-bond donors (Lipinski definition) is 0. The fraction of sp³-hybridized carbons (Fsp3) is 0.385. The molecule has 0 unspecified atom stereocenters. The quantitative estimate of drug-likeness (QED) is 0.305. The van der Waals surface area contributed by atoms with Gasteiger partial charge in [-0.2, -0.15) is 0 Å². The Morgan fingerprint density at radius 2 is 1.88 bits per heavy atom. The summed E-state index contributed by atoms with van der Waals surface area (Å²) in [5.41, 5.74) is 1.62. The Morgan fingerprint density at radius 1 is 1.15 bits per heavy atom. The molecule has 0 aliphatic carbocycles. The third kappa shape index (κ3) is 5.78. The van der Waals surface area contributed by atoms with Crippen LogP contribution in [0.25, 0.3) is 0 Å². The topological polar surface area (TPSA) is 55.8 Å². The van der Waals surface area contributed by atoms with Gasteiger partial charge in [-0.1, -0.05) is 66.9 Å². The zero-order valence-corrected chi connectivity index (χ0v) is 20.4. The van der Waals surface area contributed by atoms with Crippen molar-refractivity contribution < 1.29 is 19.1 Å². The first-order valence-corrected chi connectivity index (χ1v) is 11.9. The fourth-order valence-corrected chi connectivity index (χ4v) is 4.56. The molecule has 7 heteroatoms. The van der Waals surface area contributed by atoms with Crippen molar-refractivity contribution in [1.29, 1.82) is 0 Å². The number of morpholine rings is 1. The number of amides is 1. The first kappa shape index (κ1) is 25.3. The summed E-state index contributed by atoms with van der Waals surface area (Å²) in [4.78, 5) is 28.4. The number of benzene rings is 2. The number of nitrogens with zero attached hydrogens (tertiary/aromatic N) is 1. The molecular weight excluding hydrogens is 461 g/mol. The van der Waals surface area contributed by atoms with Crippen LogP contribution in [0.5, 0.6) is 0 Å². The molecule has 0 aromatic heterocycles. The fourth-order valence-electron chi connectivity index (χ4n) is 4.24. The summed E-state index contributed by atoms with van der Waals surface area (Å²) in [5, 5.41) is 1.14. The van der Waals surface area contributed by atoms with Crippen LogP contribution < -0.4 is 0 Å². The number of carbonyl (C=O) groups excluding carboxylic acids is 2. The van der Waals surface area contributed by atoms with E-state index in [0.717, 1.165) is 11.1 Å². The molecule has 176 valence electrons. The van der Waals surface area contributed by atoms with E-state index >= 15 is 0 Å². The molecular formula is C26H29Cl2NO4. The molecule has 2 aromatic rings. The van der Waals surface area contributed by atoms with Gasteiger partial charge in [0.05, 0.1) is 12.6 Å². The van der Waals surface area contributed by atoms with Crippen LogP contribution in [0.3, 0.4) is 0 Å². The molecule has 0 spiro atoms. The van der Waals surface area contributed by atoms with Crippen LogP contribution in [-0.2, 0) is 19.1 Å². The van der Waals surface area contributed by atoms with Crippen molar-refractivity contribution in [1.82, 2.24) is 4.90 Å². The van der Waals surface area contributed by atoms with Crippen LogP contribution in [0.2, 0.25) is 10.0 Å². The largest absolute Gasteiger partial charge is 0.464 e. The molecule has 1 fully saturated rings. The van der Waals surface area contributed by atoms with Crippen LogP contribution in [0.15, 0.2) is 61.2 Å². The highest BCUT2D eigenvalue weighted by Gasteiger charge is 2.48. The van der Waals surface area contributed by atoms with E-state index in [1.165, 1.54) is 0 Å². The Bertz CT molecular complexity index is 979. The summed E-state index contributed by atoms with van der Waals surface area (Å²) in [5.74, 6) is -0.685. The first-order chi connectivity index (χ1) is 15.9. The predicted octanol–water partition coefficient (Wildman–Crippen LogP) is 6.31. The highest BCUT2D eigenvalue weighted by molar-refractivity contribution is 6.30. The third-order valence-corrected chi connectivity index (χ3v) is 6.14. The smallest absolute Gasteiger partial charge is 0.328 e. The van der Waals surface area contributed by atoms with Gasteiger partial charge in [-0.3, -0.25) is 4.79 Å². The Morgan fingerprint density at radius 3 is 2.48 bits per heavy atom. The van der Waals surface area contributed by atoms with E-state index in [9.17, 15) is 9.59 Å². The van der Waals surface area contributed by atoms with E-state index in [2.05, 4.69) is 6.58 Å². The van der Waals surface area contributed by atoms with E-state index in [-0.39, 0.29) is 12.5 Å². The number of esters is 1. The number of carbonyl (C=O) groups is 2. The second-order valence-corrected chi connectivity index (χ2v) is 8.80. The summed E-state index contributed by atoms with van der Waals surface area (Å²) in [6, 6.07) is 13.3. The zero-order chi connectivity index (χ0) is 24.0. The summed E-state index contributed by atoms with van der Waals surface area (Å²) in [6.45, 7) is 7.75. The van der Waals surface area contributed by atoms with Crippen LogP contribution in [0, 0.1) is 0 Å². The maximum Gasteiger partial charge on any atom is 0.328 e. The van der Waals surface area contributed by atoms with Crippen molar-refractivity contribution in [3.8, 4) is 0 Å². The maximum absolute atomic E-state index is 13.7. The Hall–Kier alpha value is -2.34. The molecule has 0 radical (unpaired) electrons. The molecule has 1 saturated heterocycles. The SMILES string of the molecule is C=CC[C@@H]1O[C@@H](c2cccc(Cl)c2)[C@@H](c2ccc(Cl)cc2)N([C@@H](CCC)C(=O)OCC)C1=O. The number of hydrogen-bond acceptors (Lipinski definition) is 4. The van der Waals surface area contributed by atoms with Crippen molar-refractivity contribution in [2.24, 2.45) is 0 Å². The van der Waals surface area contributed by atoms with Gasteiger partial charge in [0.2, 0.25) is 0 Å². The predicted molar refractivity (Wildman–Crippen MR) is 130 cm³/mol. The molecule has 1 aliphatic rings. The average molecular weight is 490 g/mol. The molecule has 1 aliphatic heterocycles. The van der Waals surface area contributed by atoms with Gasteiger partial charge in [-0.15, -0.1) is 6.58 Å². The molecule has 33 heavy (non-hydrogen) atoms. The second-order valence-electron chi connectivity index (χ2n) is 7.92. The highest BCUT2D eigenvalue weighted by atomic mass is 35.5. The molecule has 0 saturated carbocycles. The van der Waals surface area contributed by atoms with Gasteiger partial charge in [0.1, 0.15) is 18.2 Å². The standard InChI is InChI=1S/C26H29Cl2NO4/c1-4-8-21(26(31)32-6-3)29-23(17-12-14-19(27)15-13-17)24(18-10-7-11-20(28)16-18)33-22(9-5-2)25(29)30/h5,7,10-16,21-24H,2,4,6,8-9H2,1,3H3/t21-,22-,23+,24-/m0/s1. The van der Waals surface area contributed by atoms with Gasteiger partial charge in [0, 0.05) is 16.5 Å². The summed E-state index contributed by atoms with van der Waals surface area (Å²) >= 11 is 12.4. The summed E-state index contributed by atoms with van der Waals surface area (Å²) in [6.07, 6.45) is 1.82. The van der Waals surface area contributed by atoms with E-state index in [0.29, 0.717) is 29.3 Å². The van der Waals surface area contributed by atoms with Crippen molar-refractivity contribution in [2.45, 2.75) is 57.4 Å². The summed E-state index contributed by atoms with van der Waals surface area (Å²) < 4.78 is 11.8. The third-order valence-electron chi connectivity index (χ3n) is 5.65. The minimum absolute atomic E-state index is 0.233. The minimum Gasteiger partial charge on any atom is -0.464 e. The highest BCUT2D eigenvalue weighted by Crippen LogP contribution is 2.45. The lowest BCUT2D eigenvalue weighted by Crippen LogP contribution is -2.57. The van der Waals surface area contributed by atoms with Crippen molar-refractivity contribution in [3.05, 3.63) is 82.4 Å². The van der Waals surface area contributed by atoms with E-state index in [4.69, 9.17) is 32.7 Å². The summed E-state index contributed by atoms with van der Waals surface area (Å²) in [7, 11) is 0. The number of halogens is 2. The number of ether oxygens (including phenoxy) is 2. The van der Waals surface area contributed by atoms with Crippen molar-refractivity contribution >= 4 is 35.1 Å². The average Bonchev–Trinajstić information content (AvgIpc) is 2.80. The van der Waals surface area contributed by atoms with Crippen molar-refractivity contribution in [3.63, 3.8) is 0 Å². The monoisotopic (exact) mass is 489 g/mol. The lowest BCUT2D eigenvalue weighted by atomic mass is 9.89. The molecule has 2 aromatic carbocycles. The van der Waals surface area contributed by atoms with Crippen LogP contribution in [0.4, 0.5) is 0 Å². The minimum atomic E-state index is -0.774. The first-order valence-electron chi connectivity index (χ1n) is 11.2. The molecule has 4 atom stereocenters. The molecule has 3 rings (SSSR count). The normalized spacial score (nSPS) is 21.5. The number of rotatable bonds is 9. The van der Waals surface area contributed by atoms with Gasteiger partial charge >= 0.3 is 5.97 Å². The van der Waals surface area contributed by atoms with Gasteiger partial charge in [0.25, 0.3) is 5.91 Å². The molecule has 5 nitrogen and oxygen atoms in total. The Balaban J connectivity index is 2.20. The van der Waals surface area contributed by atoms with Gasteiger partial charge in [-0.05, 0) is 48.7 Å². The molecule has 0 N–H and O–H groups in total. The van der Waals surface area contributed by atoms with E-state index in [1.54, 1.807) is 36.1 Å². The van der Waals surface area contributed by atoms with E-state index < -0.39 is 30.3 Å². The molecule has 1 heterocycles. The lowest BCUT2D eigenvalue weighted by molar-refractivity contribution is -0.185. The van der Waals surface area contributed by atoms with Crippen LogP contribution in [0.1, 0.15) is 56.4 Å². The molecule has 1 amide bonds. The van der Waals surface area contributed by atoms with Crippen LogP contribution in [-0.4, -0.2) is 35.5 Å². The van der Waals surface area contributed by atoms with Crippen molar-refractivity contribution in [2.75, 3.05) is 6.61 Å². The van der Waals surface area contributed by atoms with Gasteiger partial charge < -0.3 is 14.4 Å². The maximum atomic E-state index is 13.7. The second kappa shape index (κ2) is 11.7. The van der Waals surface area contributed by atoms with Gasteiger partial charge in [0.15, 0.2) is 0 Å². The Labute approximate surface area is 205 Å². The van der Waals surface area contributed by atoms with Crippen LogP contribution >= 0.6 is 23.2 Å². The lowest BCUT2D eigenvalue weighted by Gasteiger charge is -2.47. The van der Waals surface area contributed by atoms with E-state index in [1.807, 2.05) is 37.3 Å². The van der Waals surface area contributed by atoms with Gasteiger partial charge in [-0.25, -0.2) is 4.79 Å². The Kier molecular flexibility index (Phi) is 8.95. The zero-order valence-electron chi connectivity index (χ0n) is 18.9.